The minimum Gasteiger partial charge on any atom is -0.304 e. The predicted molar refractivity (Wildman–Crippen MR) is 47.2 cm³/mol. The fraction of sp³-hybridized carbons (Fsp3) is 0.889. The van der Waals surface area contributed by atoms with Crippen LogP contribution in [-0.4, -0.2) is 13.1 Å². The molecule has 64 valence electrons. The minimum absolute atomic E-state index is 0.339. The molecule has 0 amide bonds. The van der Waals surface area contributed by atoms with Gasteiger partial charge in [-0.1, -0.05) is 27.2 Å². The molecule has 0 aromatic rings. The second kappa shape index (κ2) is 5.15. The van der Waals surface area contributed by atoms with Crippen molar-refractivity contribution in [3.63, 3.8) is 0 Å². The second-order valence-electron chi connectivity index (χ2n) is 3.68. The molecule has 2 heteroatoms. The highest BCUT2D eigenvalue weighted by molar-refractivity contribution is 4.77. The maximum absolute atomic E-state index is 8.28. The highest BCUT2D eigenvalue weighted by Gasteiger charge is 2.14. The van der Waals surface area contributed by atoms with Crippen LogP contribution in [0.2, 0.25) is 0 Å². The number of hydrogen-bond acceptors (Lipinski definition) is 2. The third-order valence-electron chi connectivity index (χ3n) is 1.73. The summed E-state index contributed by atoms with van der Waals surface area (Å²) >= 11 is 0. The Balaban J connectivity index is 3.48. The van der Waals surface area contributed by atoms with Gasteiger partial charge in [-0.3, -0.25) is 0 Å². The minimum atomic E-state index is 0.339. The number of hydrogen-bond donors (Lipinski definition) is 1. The topological polar surface area (TPSA) is 35.8 Å². The predicted octanol–water partition coefficient (Wildman–Crippen LogP) is 1.93. The summed E-state index contributed by atoms with van der Waals surface area (Å²) in [7, 11) is 0. The molecule has 0 fully saturated rings. The molecule has 0 aliphatic heterocycles. The van der Waals surface area contributed by atoms with Crippen LogP contribution in [0.1, 0.15) is 33.6 Å². The van der Waals surface area contributed by atoms with E-state index in [1.54, 1.807) is 0 Å². The van der Waals surface area contributed by atoms with Gasteiger partial charge in [0.25, 0.3) is 0 Å². The summed E-state index contributed by atoms with van der Waals surface area (Å²) in [5.41, 5.74) is 0.339. The molecule has 0 bridgehead atoms. The fourth-order valence-corrected chi connectivity index (χ4v) is 1.22. The Morgan fingerprint density at radius 1 is 1.45 bits per heavy atom. The maximum Gasteiger partial charge on any atom is 0.0841 e. The molecule has 0 spiro atoms. The molecule has 0 unspecified atom stereocenters. The third kappa shape index (κ3) is 5.87. The van der Waals surface area contributed by atoms with Crippen LogP contribution in [0.5, 0.6) is 0 Å². The lowest BCUT2D eigenvalue weighted by Crippen LogP contribution is -2.29. The number of nitriles is 1. The Morgan fingerprint density at radius 3 is 2.55 bits per heavy atom. The van der Waals surface area contributed by atoms with Crippen LogP contribution < -0.4 is 5.32 Å². The largest absolute Gasteiger partial charge is 0.304 e. The smallest absolute Gasteiger partial charge is 0.0841 e. The first-order valence-corrected chi connectivity index (χ1v) is 4.20. The van der Waals surface area contributed by atoms with Crippen LogP contribution >= 0.6 is 0 Å². The first kappa shape index (κ1) is 10.4. The fourth-order valence-electron chi connectivity index (χ4n) is 1.22. The Kier molecular flexibility index (Phi) is 4.89. The standard InChI is InChI=1S/C9H18N2/c1-4-5-9(2,3)8-11-7-6-10/h11H,4-5,7-8H2,1-3H3. The summed E-state index contributed by atoms with van der Waals surface area (Å²) in [5.74, 6) is 0. The normalized spacial score (nSPS) is 11.1. The molecule has 0 radical (unpaired) electrons. The van der Waals surface area contributed by atoms with Crippen LogP contribution in [0.25, 0.3) is 0 Å². The van der Waals surface area contributed by atoms with Crippen LogP contribution in [0.15, 0.2) is 0 Å². The quantitative estimate of drug-likeness (QED) is 0.485. The van der Waals surface area contributed by atoms with E-state index in [2.05, 4.69) is 32.2 Å². The van der Waals surface area contributed by atoms with E-state index in [-0.39, 0.29) is 0 Å². The summed E-state index contributed by atoms with van der Waals surface area (Å²) in [6.07, 6.45) is 2.42. The Labute approximate surface area is 69.6 Å². The average Bonchev–Trinajstić information content (AvgIpc) is 1.87. The molecule has 2 nitrogen and oxygen atoms in total. The van der Waals surface area contributed by atoms with E-state index >= 15 is 0 Å². The van der Waals surface area contributed by atoms with Crippen molar-refractivity contribution in [1.29, 1.82) is 5.26 Å². The summed E-state index contributed by atoms with van der Waals surface area (Å²) in [6.45, 7) is 8.04. The second-order valence-corrected chi connectivity index (χ2v) is 3.68. The molecular formula is C9H18N2. The highest BCUT2D eigenvalue weighted by atomic mass is 14.9. The summed E-state index contributed by atoms with van der Waals surface area (Å²) in [5, 5.41) is 11.4. The van der Waals surface area contributed by atoms with Gasteiger partial charge < -0.3 is 5.32 Å². The van der Waals surface area contributed by atoms with E-state index in [1.165, 1.54) is 12.8 Å². The van der Waals surface area contributed by atoms with Gasteiger partial charge in [0.2, 0.25) is 0 Å². The van der Waals surface area contributed by atoms with E-state index in [4.69, 9.17) is 5.26 Å². The Hall–Kier alpha value is -0.550. The van der Waals surface area contributed by atoms with Gasteiger partial charge in [0.15, 0.2) is 0 Å². The van der Waals surface area contributed by atoms with Gasteiger partial charge in [-0.25, -0.2) is 0 Å². The Bertz CT molecular complexity index is 133. The third-order valence-corrected chi connectivity index (χ3v) is 1.73. The van der Waals surface area contributed by atoms with Crippen molar-refractivity contribution in [1.82, 2.24) is 5.32 Å². The summed E-state index contributed by atoms with van der Waals surface area (Å²) in [4.78, 5) is 0. The van der Waals surface area contributed by atoms with Crippen molar-refractivity contribution < 1.29 is 0 Å². The molecule has 1 N–H and O–H groups in total. The molecule has 0 saturated heterocycles. The van der Waals surface area contributed by atoms with Gasteiger partial charge in [-0.05, 0) is 11.8 Å². The zero-order valence-corrected chi connectivity index (χ0v) is 7.78. The van der Waals surface area contributed by atoms with Crippen molar-refractivity contribution >= 4 is 0 Å². The van der Waals surface area contributed by atoms with E-state index in [0.29, 0.717) is 12.0 Å². The Morgan fingerprint density at radius 2 is 2.09 bits per heavy atom. The molecule has 0 rings (SSSR count). The molecule has 0 aromatic heterocycles. The molecule has 0 aliphatic carbocycles. The van der Waals surface area contributed by atoms with Crippen molar-refractivity contribution in [3.05, 3.63) is 0 Å². The average molecular weight is 154 g/mol. The lowest BCUT2D eigenvalue weighted by atomic mass is 9.88. The van der Waals surface area contributed by atoms with Gasteiger partial charge >= 0.3 is 0 Å². The van der Waals surface area contributed by atoms with Crippen molar-refractivity contribution in [2.45, 2.75) is 33.6 Å². The molecule has 11 heavy (non-hydrogen) atoms. The SMILES string of the molecule is CCCC(C)(C)CNCC#N. The van der Waals surface area contributed by atoms with Gasteiger partial charge in [0.05, 0.1) is 12.6 Å². The summed E-state index contributed by atoms with van der Waals surface area (Å²) in [6, 6.07) is 2.07. The van der Waals surface area contributed by atoms with E-state index < -0.39 is 0 Å². The molecule has 0 aromatic carbocycles. The zero-order chi connectivity index (χ0) is 8.74. The van der Waals surface area contributed by atoms with Gasteiger partial charge in [0.1, 0.15) is 0 Å². The highest BCUT2D eigenvalue weighted by Crippen LogP contribution is 2.20. The summed E-state index contributed by atoms with van der Waals surface area (Å²) < 4.78 is 0. The van der Waals surface area contributed by atoms with Crippen LogP contribution in [0, 0.1) is 16.7 Å². The number of nitrogens with one attached hydrogen (secondary N) is 1. The van der Waals surface area contributed by atoms with Gasteiger partial charge in [-0.15, -0.1) is 0 Å². The van der Waals surface area contributed by atoms with E-state index in [0.717, 1.165) is 6.54 Å². The molecule has 0 saturated carbocycles. The van der Waals surface area contributed by atoms with Crippen molar-refractivity contribution in [3.8, 4) is 6.07 Å². The number of rotatable bonds is 5. The van der Waals surface area contributed by atoms with Crippen LogP contribution in [0.4, 0.5) is 0 Å². The lowest BCUT2D eigenvalue weighted by molar-refractivity contribution is 0.317. The molecule has 0 atom stereocenters. The molecular weight excluding hydrogens is 136 g/mol. The molecule has 0 heterocycles. The lowest BCUT2D eigenvalue weighted by Gasteiger charge is -2.23. The van der Waals surface area contributed by atoms with Crippen molar-refractivity contribution in [2.75, 3.05) is 13.1 Å². The van der Waals surface area contributed by atoms with Gasteiger partial charge in [-0.2, -0.15) is 5.26 Å². The van der Waals surface area contributed by atoms with Crippen molar-refractivity contribution in [2.24, 2.45) is 5.41 Å². The first-order chi connectivity index (χ1) is 5.12. The zero-order valence-electron chi connectivity index (χ0n) is 7.78. The molecule has 0 aliphatic rings. The van der Waals surface area contributed by atoms with Gasteiger partial charge in [0, 0.05) is 6.54 Å². The number of nitrogens with zero attached hydrogens (tertiary/aromatic N) is 1. The van der Waals surface area contributed by atoms with E-state index in [1.807, 2.05) is 0 Å². The maximum atomic E-state index is 8.28. The monoisotopic (exact) mass is 154 g/mol. The first-order valence-electron chi connectivity index (χ1n) is 4.20. The van der Waals surface area contributed by atoms with E-state index in [9.17, 15) is 0 Å². The van der Waals surface area contributed by atoms with Crippen LogP contribution in [-0.2, 0) is 0 Å². The van der Waals surface area contributed by atoms with Crippen LogP contribution in [0.3, 0.4) is 0 Å².